The molecule has 1 saturated heterocycles. The molecule has 6 heteroatoms. The number of nitrogens with zero attached hydrogens (tertiary/aromatic N) is 2. The van der Waals surface area contributed by atoms with E-state index in [9.17, 15) is 14.4 Å². The molecule has 2 aliphatic rings. The van der Waals surface area contributed by atoms with Crippen molar-refractivity contribution in [3.05, 3.63) is 29.3 Å². The van der Waals surface area contributed by atoms with Crippen molar-refractivity contribution in [1.82, 2.24) is 9.80 Å². The number of hydrogen-bond donors (Lipinski definition) is 1. The van der Waals surface area contributed by atoms with Crippen molar-refractivity contribution in [1.29, 1.82) is 0 Å². The number of aryl methyl sites for hydroxylation is 2. The fourth-order valence-electron chi connectivity index (χ4n) is 4.21. The van der Waals surface area contributed by atoms with Gasteiger partial charge in [0.2, 0.25) is 17.7 Å². The lowest BCUT2D eigenvalue weighted by Gasteiger charge is -2.37. The lowest BCUT2D eigenvalue weighted by molar-refractivity contribution is -0.142. The van der Waals surface area contributed by atoms with Gasteiger partial charge in [-0.15, -0.1) is 0 Å². The third kappa shape index (κ3) is 4.72. The Labute approximate surface area is 167 Å². The van der Waals surface area contributed by atoms with Gasteiger partial charge < -0.3 is 15.1 Å². The van der Waals surface area contributed by atoms with E-state index >= 15 is 0 Å². The lowest BCUT2D eigenvalue weighted by atomic mass is 9.80. The van der Waals surface area contributed by atoms with Gasteiger partial charge in [-0.05, 0) is 56.7 Å². The zero-order valence-electron chi connectivity index (χ0n) is 17.2. The maximum atomic E-state index is 12.8. The van der Waals surface area contributed by atoms with E-state index in [2.05, 4.69) is 5.32 Å². The molecular weight excluding hydrogens is 354 g/mol. The Bertz CT molecular complexity index is 745. The molecule has 0 aromatic heterocycles. The van der Waals surface area contributed by atoms with Gasteiger partial charge in [0.15, 0.2) is 0 Å². The van der Waals surface area contributed by atoms with E-state index in [-0.39, 0.29) is 29.6 Å². The van der Waals surface area contributed by atoms with E-state index in [1.165, 1.54) is 0 Å². The van der Waals surface area contributed by atoms with Crippen LogP contribution < -0.4 is 5.32 Å². The van der Waals surface area contributed by atoms with Gasteiger partial charge >= 0.3 is 0 Å². The molecule has 1 aliphatic heterocycles. The SMILES string of the molecule is CC(=O)N1CCN(C(=O)C2CCC(C(=O)Nc3cc(C)ccc3C)CC2)CC1. The highest BCUT2D eigenvalue weighted by molar-refractivity contribution is 5.93. The van der Waals surface area contributed by atoms with Gasteiger partial charge in [-0.25, -0.2) is 0 Å². The number of piperazine rings is 1. The number of amides is 3. The van der Waals surface area contributed by atoms with Crippen molar-refractivity contribution in [2.75, 3.05) is 31.5 Å². The average molecular weight is 386 g/mol. The fraction of sp³-hybridized carbons (Fsp3) is 0.591. The number of carbonyl (C=O) groups is 3. The summed E-state index contributed by atoms with van der Waals surface area (Å²) in [6, 6.07) is 6.06. The van der Waals surface area contributed by atoms with Crippen LogP contribution in [-0.4, -0.2) is 53.7 Å². The van der Waals surface area contributed by atoms with Crippen LogP contribution in [0.4, 0.5) is 5.69 Å². The second-order valence-corrected chi connectivity index (χ2v) is 8.19. The summed E-state index contributed by atoms with van der Waals surface area (Å²) in [5, 5.41) is 3.07. The summed E-state index contributed by atoms with van der Waals surface area (Å²) >= 11 is 0. The van der Waals surface area contributed by atoms with Gasteiger partial charge in [-0.3, -0.25) is 14.4 Å². The average Bonchev–Trinajstić information content (AvgIpc) is 2.70. The summed E-state index contributed by atoms with van der Waals surface area (Å²) in [6.07, 6.45) is 3.02. The van der Waals surface area contributed by atoms with Crippen LogP contribution in [0.2, 0.25) is 0 Å². The molecule has 6 nitrogen and oxygen atoms in total. The first kappa shape index (κ1) is 20.4. The molecule has 1 heterocycles. The topological polar surface area (TPSA) is 69.7 Å². The zero-order chi connectivity index (χ0) is 20.3. The summed E-state index contributed by atoms with van der Waals surface area (Å²) in [4.78, 5) is 40.6. The van der Waals surface area contributed by atoms with Crippen LogP contribution in [0.3, 0.4) is 0 Å². The van der Waals surface area contributed by atoms with Crippen LogP contribution in [0.1, 0.15) is 43.7 Å². The molecule has 0 atom stereocenters. The molecule has 1 aromatic rings. The largest absolute Gasteiger partial charge is 0.339 e. The van der Waals surface area contributed by atoms with Gasteiger partial charge in [0.1, 0.15) is 0 Å². The number of nitrogens with one attached hydrogen (secondary N) is 1. The number of anilines is 1. The molecule has 2 fully saturated rings. The predicted molar refractivity (Wildman–Crippen MR) is 109 cm³/mol. The third-order valence-electron chi connectivity index (χ3n) is 6.13. The standard InChI is InChI=1S/C22H31N3O3/c1-15-4-5-16(2)20(14-15)23-21(27)18-6-8-19(9-7-18)22(28)25-12-10-24(11-13-25)17(3)26/h4-5,14,18-19H,6-13H2,1-3H3,(H,23,27). The van der Waals surface area contributed by atoms with Crippen molar-refractivity contribution in [3.63, 3.8) is 0 Å². The van der Waals surface area contributed by atoms with Gasteiger partial charge in [-0.2, -0.15) is 0 Å². The Morgan fingerprint density at radius 2 is 1.46 bits per heavy atom. The van der Waals surface area contributed by atoms with Gasteiger partial charge in [0.25, 0.3) is 0 Å². The molecule has 0 spiro atoms. The molecule has 1 N–H and O–H groups in total. The fourth-order valence-corrected chi connectivity index (χ4v) is 4.21. The first-order chi connectivity index (χ1) is 13.3. The predicted octanol–water partition coefficient (Wildman–Crippen LogP) is 2.74. The molecule has 0 bridgehead atoms. The number of benzene rings is 1. The highest BCUT2D eigenvalue weighted by Gasteiger charge is 2.33. The highest BCUT2D eigenvalue weighted by atomic mass is 16.2. The minimum Gasteiger partial charge on any atom is -0.339 e. The minimum atomic E-state index is -0.0291. The zero-order valence-corrected chi connectivity index (χ0v) is 17.2. The second kappa shape index (κ2) is 8.76. The molecule has 3 rings (SSSR count). The monoisotopic (exact) mass is 385 g/mol. The van der Waals surface area contributed by atoms with Crippen LogP contribution >= 0.6 is 0 Å². The molecule has 28 heavy (non-hydrogen) atoms. The van der Waals surface area contributed by atoms with E-state index in [1.807, 2.05) is 36.9 Å². The molecule has 0 radical (unpaired) electrons. The Morgan fingerprint density at radius 1 is 0.893 bits per heavy atom. The molecule has 3 amide bonds. The van der Waals surface area contributed by atoms with Gasteiger partial charge in [0, 0.05) is 50.6 Å². The smallest absolute Gasteiger partial charge is 0.227 e. The number of rotatable bonds is 3. The van der Waals surface area contributed by atoms with E-state index in [0.717, 1.165) is 42.5 Å². The van der Waals surface area contributed by atoms with E-state index in [4.69, 9.17) is 0 Å². The summed E-state index contributed by atoms with van der Waals surface area (Å²) in [7, 11) is 0. The second-order valence-electron chi connectivity index (χ2n) is 8.19. The first-order valence-corrected chi connectivity index (χ1v) is 10.3. The Balaban J connectivity index is 1.49. The Hall–Kier alpha value is -2.37. The van der Waals surface area contributed by atoms with Gasteiger partial charge in [-0.1, -0.05) is 12.1 Å². The van der Waals surface area contributed by atoms with Crippen LogP contribution in [0.15, 0.2) is 18.2 Å². The van der Waals surface area contributed by atoms with Crippen LogP contribution in [0.5, 0.6) is 0 Å². The molecular formula is C22H31N3O3. The van der Waals surface area contributed by atoms with Gasteiger partial charge in [0.05, 0.1) is 0 Å². The molecule has 1 aromatic carbocycles. The Kier molecular flexibility index (Phi) is 6.37. The van der Waals surface area contributed by atoms with Crippen molar-refractivity contribution in [3.8, 4) is 0 Å². The summed E-state index contributed by atoms with van der Waals surface area (Å²) in [6.45, 7) is 8.06. The highest BCUT2D eigenvalue weighted by Crippen LogP contribution is 2.31. The molecule has 152 valence electrons. The van der Waals surface area contributed by atoms with Crippen molar-refractivity contribution >= 4 is 23.4 Å². The molecule has 1 aliphatic carbocycles. The molecule has 1 saturated carbocycles. The van der Waals surface area contributed by atoms with E-state index < -0.39 is 0 Å². The van der Waals surface area contributed by atoms with Crippen LogP contribution in [-0.2, 0) is 14.4 Å². The van der Waals surface area contributed by atoms with Crippen LogP contribution in [0.25, 0.3) is 0 Å². The van der Waals surface area contributed by atoms with Crippen LogP contribution in [0, 0.1) is 25.7 Å². The molecule has 0 unspecified atom stereocenters. The van der Waals surface area contributed by atoms with E-state index in [0.29, 0.717) is 26.2 Å². The van der Waals surface area contributed by atoms with Crippen molar-refractivity contribution in [2.24, 2.45) is 11.8 Å². The summed E-state index contributed by atoms with van der Waals surface area (Å²) < 4.78 is 0. The maximum absolute atomic E-state index is 12.8. The van der Waals surface area contributed by atoms with Crippen molar-refractivity contribution < 1.29 is 14.4 Å². The lowest BCUT2D eigenvalue weighted by Crippen LogP contribution is -2.51. The summed E-state index contributed by atoms with van der Waals surface area (Å²) in [5.41, 5.74) is 3.07. The minimum absolute atomic E-state index is 0.00799. The quantitative estimate of drug-likeness (QED) is 0.870. The first-order valence-electron chi connectivity index (χ1n) is 10.3. The normalized spacial score (nSPS) is 22.7. The van der Waals surface area contributed by atoms with Crippen molar-refractivity contribution in [2.45, 2.75) is 46.5 Å². The van der Waals surface area contributed by atoms with E-state index in [1.54, 1.807) is 11.8 Å². The number of hydrogen-bond acceptors (Lipinski definition) is 3. The Morgan fingerprint density at radius 3 is 2.07 bits per heavy atom. The summed E-state index contributed by atoms with van der Waals surface area (Å²) in [5.74, 6) is 0.306. The number of carbonyl (C=O) groups excluding carboxylic acids is 3. The maximum Gasteiger partial charge on any atom is 0.227 e. The third-order valence-corrected chi connectivity index (χ3v) is 6.13.